The van der Waals surface area contributed by atoms with Crippen LogP contribution in [-0.2, 0) is 23.6 Å². The van der Waals surface area contributed by atoms with E-state index in [0.29, 0.717) is 5.82 Å². The molecule has 0 saturated heterocycles. The average molecular weight is 285 g/mol. The first-order chi connectivity index (χ1) is 8.88. The topological polar surface area (TPSA) is 103 Å². The second-order valence-corrected chi connectivity index (χ2v) is 5.67. The third-order valence-corrected chi connectivity index (χ3v) is 3.81. The number of hydrogen-bond acceptors (Lipinski definition) is 5. The number of hydrogen-bond donors (Lipinski definition) is 2. The summed E-state index contributed by atoms with van der Waals surface area (Å²) in [5, 5.41) is 7.36. The zero-order chi connectivity index (χ0) is 14.0. The lowest BCUT2D eigenvalue weighted by Gasteiger charge is -2.07. The minimum Gasteiger partial charge on any atom is -0.399 e. The van der Waals surface area contributed by atoms with Crippen LogP contribution in [0.1, 0.15) is 5.82 Å². The highest BCUT2D eigenvalue weighted by molar-refractivity contribution is 7.89. The quantitative estimate of drug-likeness (QED) is 0.771. The number of nitrogens with zero attached hydrogens (tertiary/aromatic N) is 3. The summed E-state index contributed by atoms with van der Waals surface area (Å²) < 4.78 is 40.9. The first kappa shape index (κ1) is 13.4. The Morgan fingerprint density at radius 3 is 2.74 bits per heavy atom. The van der Waals surface area contributed by atoms with Crippen LogP contribution < -0.4 is 10.5 Å². The lowest BCUT2D eigenvalue weighted by atomic mass is 10.3. The van der Waals surface area contributed by atoms with Gasteiger partial charge in [-0.25, -0.2) is 17.5 Å². The molecule has 0 atom stereocenters. The third kappa shape index (κ3) is 3.06. The zero-order valence-corrected chi connectivity index (χ0v) is 10.9. The highest BCUT2D eigenvalue weighted by atomic mass is 32.2. The van der Waals surface area contributed by atoms with Crippen LogP contribution in [0.25, 0.3) is 0 Å². The van der Waals surface area contributed by atoms with Gasteiger partial charge in [-0.05, 0) is 18.2 Å². The fourth-order valence-electron chi connectivity index (χ4n) is 1.45. The van der Waals surface area contributed by atoms with Crippen molar-refractivity contribution >= 4 is 15.7 Å². The smallest absolute Gasteiger partial charge is 0.241 e. The van der Waals surface area contributed by atoms with E-state index in [1.807, 2.05) is 0 Å². The fourth-order valence-corrected chi connectivity index (χ4v) is 2.49. The van der Waals surface area contributed by atoms with Crippen LogP contribution in [0.2, 0.25) is 0 Å². The van der Waals surface area contributed by atoms with Crippen LogP contribution in [0.15, 0.2) is 29.4 Å². The summed E-state index contributed by atoms with van der Waals surface area (Å²) >= 11 is 0. The van der Waals surface area contributed by atoms with E-state index in [9.17, 15) is 12.8 Å². The normalized spacial score (nSPS) is 11.7. The molecule has 0 aliphatic carbocycles. The molecule has 7 nitrogen and oxygen atoms in total. The van der Waals surface area contributed by atoms with Crippen molar-refractivity contribution in [2.75, 3.05) is 5.73 Å². The molecule has 19 heavy (non-hydrogen) atoms. The number of rotatable bonds is 4. The van der Waals surface area contributed by atoms with Crippen molar-refractivity contribution < 1.29 is 12.8 Å². The number of anilines is 1. The van der Waals surface area contributed by atoms with Crippen molar-refractivity contribution in [2.24, 2.45) is 7.05 Å². The Morgan fingerprint density at radius 2 is 2.16 bits per heavy atom. The van der Waals surface area contributed by atoms with Crippen molar-refractivity contribution in [3.8, 4) is 0 Å². The number of nitrogen functional groups attached to an aromatic ring is 1. The Balaban J connectivity index is 2.21. The molecule has 0 amide bonds. The molecule has 0 unspecified atom stereocenters. The molecule has 0 aliphatic rings. The number of nitrogens with one attached hydrogen (secondary N) is 1. The predicted molar refractivity (Wildman–Crippen MR) is 65.8 cm³/mol. The van der Waals surface area contributed by atoms with Crippen LogP contribution in [-0.4, -0.2) is 23.2 Å². The van der Waals surface area contributed by atoms with Gasteiger partial charge in [0.2, 0.25) is 10.0 Å². The van der Waals surface area contributed by atoms with E-state index in [0.717, 1.165) is 12.1 Å². The van der Waals surface area contributed by atoms with Gasteiger partial charge in [-0.15, -0.1) is 10.2 Å². The molecule has 2 rings (SSSR count). The lowest BCUT2D eigenvalue weighted by Crippen LogP contribution is -2.25. The maximum atomic E-state index is 13.1. The van der Waals surface area contributed by atoms with Crippen molar-refractivity contribution in [1.29, 1.82) is 0 Å². The monoisotopic (exact) mass is 285 g/mol. The summed E-state index contributed by atoms with van der Waals surface area (Å²) in [4.78, 5) is -0.229. The Labute approximate surface area is 109 Å². The Hall–Kier alpha value is -2.00. The van der Waals surface area contributed by atoms with E-state index in [2.05, 4.69) is 14.9 Å². The summed E-state index contributed by atoms with van der Waals surface area (Å²) in [6, 6.07) is 3.12. The molecule has 1 aromatic carbocycles. The molecule has 0 spiro atoms. The Bertz CT molecular complexity index is 677. The van der Waals surface area contributed by atoms with Crippen molar-refractivity contribution in [1.82, 2.24) is 19.5 Å². The number of nitrogens with two attached hydrogens (primary N) is 1. The molecule has 2 aromatic rings. The second kappa shape index (κ2) is 4.94. The van der Waals surface area contributed by atoms with Crippen molar-refractivity contribution in [2.45, 2.75) is 11.4 Å². The number of benzene rings is 1. The van der Waals surface area contributed by atoms with E-state index in [1.54, 1.807) is 11.6 Å². The molecular weight excluding hydrogens is 273 g/mol. The van der Waals surface area contributed by atoms with Gasteiger partial charge in [-0.2, -0.15) is 0 Å². The maximum absolute atomic E-state index is 13.1. The van der Waals surface area contributed by atoms with Gasteiger partial charge in [0.05, 0.1) is 11.4 Å². The molecule has 0 fully saturated rings. The van der Waals surface area contributed by atoms with Gasteiger partial charge in [0.15, 0.2) is 0 Å². The van der Waals surface area contributed by atoms with E-state index in [4.69, 9.17) is 5.73 Å². The highest BCUT2D eigenvalue weighted by Gasteiger charge is 2.16. The fraction of sp³-hybridized carbons (Fsp3) is 0.200. The van der Waals surface area contributed by atoms with Crippen molar-refractivity contribution in [3.63, 3.8) is 0 Å². The number of halogens is 1. The maximum Gasteiger partial charge on any atom is 0.241 e. The molecule has 0 bridgehead atoms. The Morgan fingerprint density at radius 1 is 1.42 bits per heavy atom. The number of sulfonamides is 1. The summed E-state index contributed by atoms with van der Waals surface area (Å²) in [7, 11) is -2.16. The molecule has 0 radical (unpaired) electrons. The molecule has 1 heterocycles. The largest absolute Gasteiger partial charge is 0.399 e. The van der Waals surface area contributed by atoms with E-state index >= 15 is 0 Å². The summed E-state index contributed by atoms with van der Waals surface area (Å²) in [6.45, 7) is -0.0464. The summed E-state index contributed by atoms with van der Waals surface area (Å²) in [6.07, 6.45) is 1.45. The molecule has 3 N–H and O–H groups in total. The average Bonchev–Trinajstić information content (AvgIpc) is 2.71. The third-order valence-electron chi connectivity index (χ3n) is 2.43. The molecule has 0 saturated carbocycles. The van der Waals surface area contributed by atoms with Gasteiger partial charge in [-0.3, -0.25) is 0 Å². The lowest BCUT2D eigenvalue weighted by molar-refractivity contribution is 0.574. The van der Waals surface area contributed by atoms with Gasteiger partial charge < -0.3 is 10.3 Å². The Kier molecular flexibility index (Phi) is 3.49. The minimum atomic E-state index is -3.85. The molecule has 1 aromatic heterocycles. The summed E-state index contributed by atoms with van der Waals surface area (Å²) in [5.74, 6) is -0.271. The van der Waals surface area contributed by atoms with Crippen LogP contribution in [0.5, 0.6) is 0 Å². The molecule has 102 valence electrons. The number of aryl methyl sites for hydroxylation is 1. The van der Waals surface area contributed by atoms with Crippen LogP contribution in [0.4, 0.5) is 10.1 Å². The first-order valence-electron chi connectivity index (χ1n) is 5.27. The predicted octanol–water partition coefficient (Wildman–Crippen LogP) is 0.0149. The van der Waals surface area contributed by atoms with Crippen LogP contribution >= 0.6 is 0 Å². The van der Waals surface area contributed by atoms with E-state index in [1.165, 1.54) is 12.4 Å². The zero-order valence-electron chi connectivity index (χ0n) is 10.0. The van der Waals surface area contributed by atoms with Gasteiger partial charge in [0, 0.05) is 12.7 Å². The van der Waals surface area contributed by atoms with E-state index < -0.39 is 15.8 Å². The standard InChI is InChI=1S/C10H12FN5O2S/c1-16-6-13-15-10(16)5-14-19(17,18)9-3-7(11)2-8(12)4-9/h2-4,6,14H,5,12H2,1H3. The highest BCUT2D eigenvalue weighted by Crippen LogP contribution is 2.15. The van der Waals surface area contributed by atoms with Gasteiger partial charge >= 0.3 is 0 Å². The molecular formula is C10H12FN5O2S. The van der Waals surface area contributed by atoms with Crippen LogP contribution in [0.3, 0.4) is 0 Å². The molecule has 9 heteroatoms. The van der Waals surface area contributed by atoms with E-state index in [-0.39, 0.29) is 17.1 Å². The minimum absolute atomic E-state index is 0.0408. The van der Waals surface area contributed by atoms with Gasteiger partial charge in [-0.1, -0.05) is 0 Å². The first-order valence-corrected chi connectivity index (χ1v) is 6.75. The van der Waals surface area contributed by atoms with Crippen LogP contribution in [0, 0.1) is 5.82 Å². The summed E-state index contributed by atoms with van der Waals surface area (Å²) in [5.41, 5.74) is 5.45. The van der Waals surface area contributed by atoms with Gasteiger partial charge in [0.1, 0.15) is 18.0 Å². The van der Waals surface area contributed by atoms with Crippen molar-refractivity contribution in [3.05, 3.63) is 36.2 Å². The SMILES string of the molecule is Cn1cnnc1CNS(=O)(=O)c1cc(N)cc(F)c1. The van der Waals surface area contributed by atoms with Gasteiger partial charge in [0.25, 0.3) is 0 Å². The second-order valence-electron chi connectivity index (χ2n) is 3.90. The molecule has 0 aliphatic heterocycles. The number of aromatic nitrogens is 3.